The summed E-state index contributed by atoms with van der Waals surface area (Å²) in [4.78, 5) is 18.6. The molecule has 0 N–H and O–H groups in total. The summed E-state index contributed by atoms with van der Waals surface area (Å²) in [5.74, 6) is 0. The van der Waals surface area contributed by atoms with Gasteiger partial charge in [-0.3, -0.25) is 0 Å². The van der Waals surface area contributed by atoms with Crippen LogP contribution in [0.1, 0.15) is 0 Å². The largest absolute Gasteiger partial charge is 2.00 e. The smallest absolute Gasteiger partial charge is 0.791 e. The molecule has 0 saturated carbocycles. The van der Waals surface area contributed by atoms with Crippen LogP contribution in [0.5, 0.6) is 0 Å². The Balaban J connectivity index is 0. The summed E-state index contributed by atoms with van der Waals surface area (Å²) in [6.45, 7) is 0. The Hall–Kier alpha value is 1.25. The average molecular weight is 238 g/mol. The van der Waals surface area contributed by atoms with Gasteiger partial charge in [0, 0.05) is 7.82 Å². The van der Waals surface area contributed by atoms with Gasteiger partial charge in [-0.25, -0.2) is 0 Å². The van der Waals surface area contributed by atoms with Crippen LogP contribution in [0.15, 0.2) is 0 Å². The molecule has 7 heavy (non-hydrogen) atoms. The summed E-state index contributed by atoms with van der Waals surface area (Å²) >= 11 is 0. The van der Waals surface area contributed by atoms with E-state index in [1.807, 2.05) is 0 Å². The first-order valence-corrected chi connectivity index (χ1v) is 3.42. The minimum Gasteiger partial charge on any atom is -0.791 e. The molecule has 7 heteroatoms. The van der Waals surface area contributed by atoms with E-state index in [4.69, 9.17) is 0 Å². The Labute approximate surface area is 64.2 Å². The fraction of sp³-hybridized carbons (Fsp3) is 0. The molecule has 0 fully saturated rings. The molecule has 0 aromatic carbocycles. The van der Waals surface area contributed by atoms with E-state index in [1.54, 1.807) is 0 Å². The Morgan fingerprint density at radius 2 is 1.71 bits per heavy atom. The van der Waals surface area contributed by atoms with Crippen molar-refractivity contribution in [1.82, 2.24) is 0 Å². The van der Waals surface area contributed by atoms with Crippen molar-refractivity contribution in [1.29, 1.82) is 0 Å². The van der Waals surface area contributed by atoms with Crippen LogP contribution < -0.4 is 9.79 Å². The second-order valence-electron chi connectivity index (χ2n) is 0.630. The molecule has 0 aliphatic carbocycles. The summed E-state index contributed by atoms with van der Waals surface area (Å²) in [6.07, 6.45) is 0. The van der Waals surface area contributed by atoms with E-state index in [-0.39, 0.29) is 37.8 Å². The maximum absolute atomic E-state index is 9.28. The fourth-order valence-electron chi connectivity index (χ4n) is 0. The molecule has 0 rings (SSSR count). The van der Waals surface area contributed by atoms with Gasteiger partial charge in [-0.1, -0.05) is 0 Å². The summed E-state index contributed by atoms with van der Waals surface area (Å²) < 4.78 is 12.8. The molecule has 0 aliphatic heterocycles. The number of rotatable bonds is 1. The molecule has 0 aromatic heterocycles. The topological polar surface area (TPSA) is 72.4 Å². The van der Waals surface area contributed by atoms with Crippen molar-refractivity contribution in [2.75, 3.05) is 0 Å². The molecule has 0 amide bonds. The molecule has 0 saturated heterocycles. The maximum atomic E-state index is 9.28. The Morgan fingerprint density at radius 3 is 1.71 bits per heavy atom. The first-order chi connectivity index (χ1) is 2.56. The van der Waals surface area contributed by atoms with Gasteiger partial charge in [0.1, 0.15) is 0 Å². The van der Waals surface area contributed by atoms with E-state index in [1.165, 1.54) is 0 Å². The molecule has 0 bridgehead atoms. The van der Waals surface area contributed by atoms with Crippen LogP contribution in [0.4, 0.5) is 0 Å². The third-order valence-corrected chi connectivity index (χ3v) is 2.01. The number of hydrogen-bond donors (Lipinski definition) is 0. The molecule has 0 aromatic rings. The predicted molar refractivity (Wildman–Crippen MR) is 18.6 cm³/mol. The Morgan fingerprint density at radius 1 is 1.57 bits per heavy atom. The standard InChI is InChI=1S/Cd.H5O4PSi/c;1-5(2,3)4-6/h;6H3,(H2,1,2,3)/q+2;/p-2. The first kappa shape index (κ1) is 11.1. The van der Waals surface area contributed by atoms with Gasteiger partial charge in [0.2, 0.25) is 0 Å². The van der Waals surface area contributed by atoms with Crippen molar-refractivity contribution in [2.24, 2.45) is 0 Å². The predicted octanol–water partition coefficient (Wildman–Crippen LogP) is -2.89. The molecule has 4 nitrogen and oxygen atoms in total. The van der Waals surface area contributed by atoms with Crippen molar-refractivity contribution in [2.45, 2.75) is 0 Å². The van der Waals surface area contributed by atoms with Crippen LogP contribution in [0.3, 0.4) is 0 Å². The zero-order valence-corrected chi connectivity index (χ0v) is 10.7. The molecule has 0 atom stereocenters. The third-order valence-electron chi connectivity index (χ3n) is 0.224. The summed E-state index contributed by atoms with van der Waals surface area (Å²) in [7, 11) is -4.62. The van der Waals surface area contributed by atoms with E-state index in [0.29, 0.717) is 0 Å². The van der Waals surface area contributed by atoms with Gasteiger partial charge in [-0.2, -0.15) is 0 Å². The summed E-state index contributed by atoms with van der Waals surface area (Å²) in [5.41, 5.74) is 0. The minimum absolute atomic E-state index is 0. The Bertz CT molecular complexity index is 75.8. The maximum Gasteiger partial charge on any atom is 2.00 e. The van der Waals surface area contributed by atoms with E-state index < -0.39 is 7.82 Å². The van der Waals surface area contributed by atoms with Crippen molar-refractivity contribution in [3.8, 4) is 0 Å². The monoisotopic (exact) mass is 240 g/mol. The van der Waals surface area contributed by atoms with Gasteiger partial charge in [0.25, 0.3) is 0 Å². The van der Waals surface area contributed by atoms with Gasteiger partial charge in [-0.15, -0.1) is 0 Å². The van der Waals surface area contributed by atoms with Gasteiger partial charge >= 0.3 is 27.3 Å². The second kappa shape index (κ2) is 4.16. The third kappa shape index (κ3) is 11.1. The van der Waals surface area contributed by atoms with Crippen molar-refractivity contribution >= 4 is 18.3 Å². The van der Waals surface area contributed by atoms with Crippen LogP contribution in [0, 0.1) is 0 Å². The molecule has 0 unspecified atom stereocenters. The van der Waals surface area contributed by atoms with Crippen molar-refractivity contribution < 1.29 is 45.9 Å². The molecule has 0 heterocycles. The fourth-order valence-corrected chi connectivity index (χ4v) is 0. The number of phosphoric acid groups is 1. The Kier molecular flexibility index (Phi) is 6.60. The normalized spacial score (nSPS) is 10.6. The van der Waals surface area contributed by atoms with Crippen LogP contribution in [-0.2, 0) is 36.1 Å². The van der Waals surface area contributed by atoms with E-state index in [0.717, 1.165) is 0 Å². The van der Waals surface area contributed by atoms with E-state index in [2.05, 4.69) is 4.21 Å². The minimum atomic E-state index is -4.58. The summed E-state index contributed by atoms with van der Waals surface area (Å²) in [6, 6.07) is 0. The molecule has 0 aliphatic rings. The first-order valence-electron chi connectivity index (χ1n) is 1.14. The average Bonchev–Trinajstić information content (AvgIpc) is 1.35. The van der Waals surface area contributed by atoms with Crippen molar-refractivity contribution in [3.05, 3.63) is 0 Å². The second-order valence-corrected chi connectivity index (χ2v) is 2.98. The van der Waals surface area contributed by atoms with E-state index >= 15 is 0 Å². The molecular weight excluding hydrogens is 235 g/mol. The van der Waals surface area contributed by atoms with Crippen LogP contribution in [0.25, 0.3) is 0 Å². The SMILES string of the molecule is O=P([O-])([O-])O[SiH3].[Cd+2]. The van der Waals surface area contributed by atoms with E-state index in [9.17, 15) is 14.4 Å². The van der Waals surface area contributed by atoms with Gasteiger partial charge < -0.3 is 18.6 Å². The van der Waals surface area contributed by atoms with Crippen molar-refractivity contribution in [3.63, 3.8) is 0 Å². The van der Waals surface area contributed by atoms with Gasteiger partial charge in [-0.05, 0) is 0 Å². The zero-order chi connectivity index (χ0) is 5.21. The molecule has 0 spiro atoms. The quantitative estimate of drug-likeness (QED) is 0.363. The van der Waals surface area contributed by atoms with Gasteiger partial charge in [0.05, 0.1) is 0 Å². The molecular formula is H3CdO4PSi. The van der Waals surface area contributed by atoms with Crippen LogP contribution in [-0.4, -0.2) is 10.5 Å². The molecule has 0 radical (unpaired) electrons. The number of hydrogen-bond acceptors (Lipinski definition) is 4. The zero-order valence-electron chi connectivity index (χ0n) is 3.79. The van der Waals surface area contributed by atoms with Crippen LogP contribution >= 0.6 is 7.82 Å². The summed E-state index contributed by atoms with van der Waals surface area (Å²) in [5, 5.41) is 0. The van der Waals surface area contributed by atoms with Crippen LogP contribution in [0.2, 0.25) is 0 Å². The van der Waals surface area contributed by atoms with Gasteiger partial charge in [0.15, 0.2) is 10.5 Å². The molecule has 38 valence electrons.